The molecule has 0 saturated carbocycles. The number of hydrogen-bond donors (Lipinski definition) is 4. The molecular formula is C24H24N8O2S. The van der Waals surface area contributed by atoms with E-state index in [0.717, 1.165) is 27.5 Å². The lowest BCUT2D eigenvalue weighted by Crippen LogP contribution is -2.36. The van der Waals surface area contributed by atoms with E-state index < -0.39 is 5.41 Å². The highest BCUT2D eigenvalue weighted by molar-refractivity contribution is 7.16. The number of hydrazine groups is 2. The summed E-state index contributed by atoms with van der Waals surface area (Å²) in [6.45, 7) is 6.92. The lowest BCUT2D eigenvalue weighted by atomic mass is 9.85. The van der Waals surface area contributed by atoms with Gasteiger partial charge in [0.15, 0.2) is 5.13 Å². The third-order valence-corrected chi connectivity index (χ3v) is 6.27. The number of hydrogen-bond acceptors (Lipinski definition) is 9. The lowest BCUT2D eigenvalue weighted by Gasteiger charge is -2.18. The van der Waals surface area contributed by atoms with Gasteiger partial charge in [-0.25, -0.2) is 4.98 Å². The second kappa shape index (κ2) is 9.54. The number of aromatic nitrogens is 2. The van der Waals surface area contributed by atoms with Crippen LogP contribution < -0.4 is 26.6 Å². The zero-order chi connectivity index (χ0) is 25.2. The predicted octanol–water partition coefficient (Wildman–Crippen LogP) is 3.69. The van der Waals surface area contributed by atoms with E-state index in [0.29, 0.717) is 16.4 Å². The van der Waals surface area contributed by atoms with Gasteiger partial charge in [0.2, 0.25) is 5.91 Å². The van der Waals surface area contributed by atoms with Crippen molar-refractivity contribution in [1.29, 1.82) is 5.26 Å². The molecule has 3 aromatic rings. The van der Waals surface area contributed by atoms with Crippen LogP contribution in [0.25, 0.3) is 5.70 Å². The van der Waals surface area contributed by atoms with Gasteiger partial charge in [-0.15, -0.1) is 5.53 Å². The molecule has 0 radical (unpaired) electrons. The number of anilines is 3. The Hall–Kier alpha value is -4.27. The van der Waals surface area contributed by atoms with Crippen molar-refractivity contribution >= 4 is 45.4 Å². The second-order valence-corrected chi connectivity index (χ2v) is 9.49. The van der Waals surface area contributed by atoms with Gasteiger partial charge in [0.05, 0.1) is 45.3 Å². The fourth-order valence-electron chi connectivity index (χ4n) is 3.33. The van der Waals surface area contributed by atoms with Crippen molar-refractivity contribution in [2.24, 2.45) is 0 Å². The summed E-state index contributed by atoms with van der Waals surface area (Å²) in [6.07, 6.45) is 5.11. The number of nitrogens with zero attached hydrogens (tertiary/aromatic N) is 4. The molecule has 0 unspecified atom stereocenters. The molecule has 0 fully saturated rings. The molecule has 2 amide bonds. The van der Waals surface area contributed by atoms with Crippen LogP contribution in [0.3, 0.4) is 0 Å². The van der Waals surface area contributed by atoms with E-state index in [1.54, 1.807) is 35.6 Å². The minimum Gasteiger partial charge on any atom is -0.321 e. The van der Waals surface area contributed by atoms with Crippen LogP contribution in [0, 0.1) is 18.3 Å². The summed E-state index contributed by atoms with van der Waals surface area (Å²) >= 11 is 1.34. The molecule has 0 bridgehead atoms. The monoisotopic (exact) mass is 488 g/mol. The summed E-state index contributed by atoms with van der Waals surface area (Å²) in [5.41, 5.74) is 9.43. The number of amides is 2. The molecule has 1 aromatic carbocycles. The van der Waals surface area contributed by atoms with Crippen LogP contribution in [0.2, 0.25) is 0 Å². The van der Waals surface area contributed by atoms with Gasteiger partial charge < -0.3 is 16.1 Å². The number of rotatable bonds is 6. The molecule has 178 valence electrons. The van der Waals surface area contributed by atoms with Crippen molar-refractivity contribution in [3.63, 3.8) is 0 Å². The maximum Gasteiger partial charge on any atom is 0.255 e. The van der Waals surface area contributed by atoms with Crippen LogP contribution in [0.5, 0.6) is 0 Å². The molecule has 3 heterocycles. The zero-order valence-electron chi connectivity index (χ0n) is 19.6. The molecule has 0 atom stereocenters. The Morgan fingerprint density at radius 3 is 2.71 bits per heavy atom. The van der Waals surface area contributed by atoms with E-state index in [4.69, 9.17) is 0 Å². The zero-order valence-corrected chi connectivity index (χ0v) is 20.4. The number of pyridine rings is 1. The summed E-state index contributed by atoms with van der Waals surface area (Å²) in [7, 11) is 0. The van der Waals surface area contributed by atoms with Gasteiger partial charge >= 0.3 is 0 Å². The van der Waals surface area contributed by atoms with E-state index in [-0.39, 0.29) is 11.8 Å². The average Bonchev–Trinajstić information content (AvgIpc) is 3.50. The number of benzene rings is 1. The van der Waals surface area contributed by atoms with Crippen LogP contribution in [0.4, 0.5) is 16.5 Å². The van der Waals surface area contributed by atoms with Gasteiger partial charge in [0, 0.05) is 24.9 Å². The van der Waals surface area contributed by atoms with Gasteiger partial charge in [-0.05, 0) is 44.5 Å². The highest BCUT2D eigenvalue weighted by Crippen LogP contribution is 2.29. The molecule has 0 spiro atoms. The van der Waals surface area contributed by atoms with Crippen molar-refractivity contribution in [3.05, 3.63) is 70.6 Å². The van der Waals surface area contributed by atoms with Gasteiger partial charge in [0.1, 0.15) is 0 Å². The van der Waals surface area contributed by atoms with E-state index >= 15 is 0 Å². The van der Waals surface area contributed by atoms with Crippen LogP contribution in [-0.2, 0) is 10.2 Å². The molecule has 0 aliphatic carbocycles. The summed E-state index contributed by atoms with van der Waals surface area (Å²) in [5.74, 6) is -0.476. The summed E-state index contributed by atoms with van der Waals surface area (Å²) in [6, 6.07) is 11.1. The molecule has 1 aliphatic rings. The van der Waals surface area contributed by atoms with Crippen LogP contribution >= 0.6 is 11.3 Å². The first-order valence-corrected chi connectivity index (χ1v) is 11.5. The van der Waals surface area contributed by atoms with Gasteiger partial charge in [-0.2, -0.15) is 5.26 Å². The number of carbonyl (C=O) groups excluding carboxylic acids is 2. The Morgan fingerprint density at radius 1 is 1.17 bits per heavy atom. The SMILES string of the molecule is CC(=O)Nc1ncc(C2=CN(c3cc(NC(=O)c4cccc(C(C)(C)C#N)c4)cnc3C)NN2)s1. The maximum absolute atomic E-state index is 12.9. The van der Waals surface area contributed by atoms with Crippen molar-refractivity contribution in [2.75, 3.05) is 15.6 Å². The third-order valence-electron chi connectivity index (χ3n) is 5.33. The van der Waals surface area contributed by atoms with Crippen LogP contribution in [0.15, 0.2) is 48.9 Å². The van der Waals surface area contributed by atoms with Crippen molar-refractivity contribution in [3.8, 4) is 6.07 Å². The first-order valence-electron chi connectivity index (χ1n) is 10.7. The Kier molecular flexibility index (Phi) is 6.50. The number of carbonyl (C=O) groups is 2. The maximum atomic E-state index is 12.9. The number of thiazole rings is 1. The minimum absolute atomic E-state index is 0.180. The van der Waals surface area contributed by atoms with E-state index in [1.807, 2.05) is 39.1 Å². The smallest absolute Gasteiger partial charge is 0.255 e. The molecule has 1 aliphatic heterocycles. The fourth-order valence-corrected chi connectivity index (χ4v) is 4.15. The topological polar surface area (TPSA) is 135 Å². The molecule has 10 nitrogen and oxygen atoms in total. The predicted molar refractivity (Wildman–Crippen MR) is 135 cm³/mol. The summed E-state index contributed by atoms with van der Waals surface area (Å²) < 4.78 is 0. The quantitative estimate of drug-likeness (QED) is 0.413. The first-order chi connectivity index (χ1) is 16.7. The Morgan fingerprint density at radius 2 is 1.97 bits per heavy atom. The minimum atomic E-state index is -0.700. The molecule has 35 heavy (non-hydrogen) atoms. The van der Waals surface area contributed by atoms with E-state index in [2.05, 4.69) is 37.6 Å². The van der Waals surface area contributed by atoms with Gasteiger partial charge in [-0.3, -0.25) is 19.6 Å². The number of nitrogens with one attached hydrogen (secondary N) is 4. The van der Waals surface area contributed by atoms with Gasteiger partial charge in [0.25, 0.3) is 5.91 Å². The summed E-state index contributed by atoms with van der Waals surface area (Å²) in [5, 5.41) is 17.2. The Bertz CT molecular complexity index is 1370. The van der Waals surface area contributed by atoms with E-state index in [9.17, 15) is 14.9 Å². The third kappa shape index (κ3) is 5.29. The second-order valence-electron chi connectivity index (χ2n) is 8.46. The number of nitriles is 1. The number of aryl methyl sites for hydroxylation is 1. The van der Waals surface area contributed by atoms with Crippen LogP contribution in [0.1, 0.15) is 47.3 Å². The molecule has 2 aromatic heterocycles. The lowest BCUT2D eigenvalue weighted by molar-refractivity contribution is -0.114. The largest absolute Gasteiger partial charge is 0.321 e. The van der Waals surface area contributed by atoms with E-state index in [1.165, 1.54) is 18.3 Å². The fraction of sp³-hybridized carbons (Fsp3) is 0.208. The highest BCUT2D eigenvalue weighted by Gasteiger charge is 2.22. The van der Waals surface area contributed by atoms with Crippen molar-refractivity contribution in [2.45, 2.75) is 33.1 Å². The summed E-state index contributed by atoms with van der Waals surface area (Å²) in [4.78, 5) is 33.6. The van der Waals surface area contributed by atoms with Crippen molar-refractivity contribution in [1.82, 2.24) is 20.9 Å². The Balaban J connectivity index is 1.52. The highest BCUT2D eigenvalue weighted by atomic mass is 32.1. The standard InChI is InChI=1S/C24H24N8O2S/c1-14-20(32-12-19(30-31-32)21-11-27-23(35-21)28-15(2)33)9-18(10-26-14)29-22(34)16-6-5-7-17(8-16)24(3,4)13-25/h5-12,30-31H,1-4H3,(H,29,34)(H,27,28,33). The van der Waals surface area contributed by atoms with Gasteiger partial charge in [-0.1, -0.05) is 23.5 Å². The molecule has 4 N–H and O–H groups in total. The molecule has 0 saturated heterocycles. The molecular weight excluding hydrogens is 464 g/mol. The molecule has 4 rings (SSSR count). The normalized spacial score (nSPS) is 13.0. The Labute approximate surface area is 206 Å². The van der Waals surface area contributed by atoms with Crippen LogP contribution in [-0.4, -0.2) is 21.8 Å². The average molecular weight is 489 g/mol. The molecule has 11 heteroatoms. The van der Waals surface area contributed by atoms with Crippen molar-refractivity contribution < 1.29 is 9.59 Å². The first kappa shape index (κ1) is 23.9.